The molecule has 0 fully saturated rings. The highest BCUT2D eigenvalue weighted by atomic mass is 79.9. The van der Waals surface area contributed by atoms with E-state index < -0.39 is 0 Å². The smallest absolute Gasteiger partial charge is 0.142 e. The van der Waals surface area contributed by atoms with Crippen molar-refractivity contribution >= 4 is 37.7 Å². The lowest BCUT2D eigenvalue weighted by atomic mass is 10.3. The van der Waals surface area contributed by atoms with Gasteiger partial charge in [0.25, 0.3) is 0 Å². The molecule has 0 aliphatic carbocycles. The van der Waals surface area contributed by atoms with E-state index in [1.54, 1.807) is 7.11 Å². The van der Waals surface area contributed by atoms with Gasteiger partial charge in [0.2, 0.25) is 0 Å². The maximum atomic E-state index is 5.10. The summed E-state index contributed by atoms with van der Waals surface area (Å²) in [5.74, 6) is 0.974. The van der Waals surface area contributed by atoms with E-state index in [0.29, 0.717) is 6.61 Å². The standard InChI is InChI=1S/C11H16Br2N2O/c1-9-7-10(13)11(14-8-9)15(4-3-12)5-6-16-2/h7-8H,3-6H2,1-2H3. The zero-order valence-corrected chi connectivity index (χ0v) is 12.7. The van der Waals surface area contributed by atoms with Crippen LogP contribution in [0.15, 0.2) is 16.7 Å². The van der Waals surface area contributed by atoms with E-state index in [4.69, 9.17) is 4.74 Å². The van der Waals surface area contributed by atoms with Crippen LogP contribution in [-0.2, 0) is 4.74 Å². The largest absolute Gasteiger partial charge is 0.383 e. The van der Waals surface area contributed by atoms with Gasteiger partial charge in [-0.05, 0) is 34.5 Å². The number of methoxy groups -OCH3 is 1. The minimum Gasteiger partial charge on any atom is -0.383 e. The summed E-state index contributed by atoms with van der Waals surface area (Å²) in [5, 5.41) is 0.915. The summed E-state index contributed by atoms with van der Waals surface area (Å²) in [4.78, 5) is 6.65. The molecule has 16 heavy (non-hydrogen) atoms. The van der Waals surface area contributed by atoms with Crippen molar-refractivity contribution < 1.29 is 4.74 Å². The molecule has 5 heteroatoms. The summed E-state index contributed by atoms with van der Waals surface area (Å²) in [6, 6.07) is 2.08. The molecule has 0 unspecified atom stereocenters. The molecule has 0 N–H and O–H groups in total. The van der Waals surface area contributed by atoms with Gasteiger partial charge in [-0.1, -0.05) is 15.9 Å². The minimum atomic E-state index is 0.703. The van der Waals surface area contributed by atoms with Crippen LogP contribution < -0.4 is 4.90 Å². The first kappa shape index (κ1) is 13.9. The molecule has 1 rings (SSSR count). The van der Waals surface area contributed by atoms with Crippen molar-refractivity contribution in [3.05, 3.63) is 22.3 Å². The molecule has 0 saturated heterocycles. The van der Waals surface area contributed by atoms with Crippen molar-refractivity contribution in [3.8, 4) is 0 Å². The Morgan fingerprint density at radius 1 is 1.44 bits per heavy atom. The fourth-order valence-corrected chi connectivity index (χ4v) is 2.53. The van der Waals surface area contributed by atoms with E-state index in [-0.39, 0.29) is 0 Å². The molecule has 90 valence electrons. The van der Waals surface area contributed by atoms with E-state index in [0.717, 1.165) is 34.3 Å². The quantitative estimate of drug-likeness (QED) is 0.736. The van der Waals surface area contributed by atoms with Crippen molar-refractivity contribution in [1.29, 1.82) is 0 Å². The highest BCUT2D eigenvalue weighted by Crippen LogP contribution is 2.24. The van der Waals surface area contributed by atoms with Gasteiger partial charge in [0.15, 0.2) is 0 Å². The SMILES string of the molecule is COCCN(CCBr)c1ncc(C)cc1Br. The molecule has 0 bridgehead atoms. The Balaban J connectivity index is 2.82. The average Bonchev–Trinajstić information content (AvgIpc) is 2.25. The second-order valence-electron chi connectivity index (χ2n) is 3.49. The van der Waals surface area contributed by atoms with Gasteiger partial charge in [0.1, 0.15) is 5.82 Å². The fraction of sp³-hybridized carbons (Fsp3) is 0.545. The van der Waals surface area contributed by atoms with Crippen molar-refractivity contribution in [1.82, 2.24) is 4.98 Å². The molecule has 3 nitrogen and oxygen atoms in total. The number of rotatable bonds is 6. The molecule has 0 spiro atoms. The van der Waals surface area contributed by atoms with Gasteiger partial charge in [-0.2, -0.15) is 0 Å². The van der Waals surface area contributed by atoms with Gasteiger partial charge in [-0.15, -0.1) is 0 Å². The van der Waals surface area contributed by atoms with E-state index in [1.807, 2.05) is 13.1 Å². The van der Waals surface area contributed by atoms with E-state index in [2.05, 4.69) is 47.8 Å². The van der Waals surface area contributed by atoms with Crippen LogP contribution in [0, 0.1) is 6.92 Å². The third-order valence-electron chi connectivity index (χ3n) is 2.18. The third-order valence-corrected chi connectivity index (χ3v) is 3.12. The number of aromatic nitrogens is 1. The summed E-state index contributed by atoms with van der Waals surface area (Å²) in [6.45, 7) is 4.50. The van der Waals surface area contributed by atoms with Crippen LogP contribution >= 0.6 is 31.9 Å². The molecule has 1 aromatic heterocycles. The molecular formula is C11H16Br2N2O. The number of nitrogens with zero attached hydrogens (tertiary/aromatic N) is 2. The third kappa shape index (κ3) is 4.03. The normalized spacial score (nSPS) is 10.5. The van der Waals surface area contributed by atoms with E-state index in [9.17, 15) is 0 Å². The summed E-state index contributed by atoms with van der Waals surface area (Å²) in [6.07, 6.45) is 1.88. The Hall–Kier alpha value is -0.130. The number of hydrogen-bond acceptors (Lipinski definition) is 3. The second-order valence-corrected chi connectivity index (χ2v) is 5.13. The molecule has 0 atom stereocenters. The predicted octanol–water partition coefficient (Wildman–Crippen LogP) is 3.00. The monoisotopic (exact) mass is 350 g/mol. The van der Waals surface area contributed by atoms with Crippen molar-refractivity contribution in [2.24, 2.45) is 0 Å². The van der Waals surface area contributed by atoms with Gasteiger partial charge >= 0.3 is 0 Å². The zero-order valence-electron chi connectivity index (χ0n) is 9.54. The van der Waals surface area contributed by atoms with Gasteiger partial charge < -0.3 is 9.64 Å². The lowest BCUT2D eigenvalue weighted by Gasteiger charge is -2.23. The number of halogens is 2. The number of pyridine rings is 1. The number of ether oxygens (including phenoxy) is 1. The summed E-state index contributed by atoms with van der Waals surface area (Å²) in [5.41, 5.74) is 1.15. The molecule has 1 heterocycles. The Kier molecular flexibility index (Phi) is 6.31. The number of hydrogen-bond donors (Lipinski definition) is 0. The van der Waals surface area contributed by atoms with Gasteiger partial charge in [-0.25, -0.2) is 4.98 Å². The van der Waals surface area contributed by atoms with Crippen LogP contribution in [0.3, 0.4) is 0 Å². The molecule has 0 aromatic carbocycles. The molecule has 0 saturated carbocycles. The number of aryl methyl sites for hydroxylation is 1. The lowest BCUT2D eigenvalue weighted by Crippen LogP contribution is -2.30. The summed E-state index contributed by atoms with van der Waals surface area (Å²) >= 11 is 7.00. The van der Waals surface area contributed by atoms with Crippen molar-refractivity contribution in [3.63, 3.8) is 0 Å². The Morgan fingerprint density at radius 3 is 2.75 bits per heavy atom. The topological polar surface area (TPSA) is 25.4 Å². The first-order valence-corrected chi connectivity index (χ1v) is 7.02. The van der Waals surface area contributed by atoms with Gasteiger partial charge in [-0.3, -0.25) is 0 Å². The predicted molar refractivity (Wildman–Crippen MR) is 74.6 cm³/mol. The Morgan fingerprint density at radius 2 is 2.19 bits per heavy atom. The first-order valence-electron chi connectivity index (χ1n) is 5.11. The first-order chi connectivity index (χ1) is 7.69. The summed E-state index contributed by atoms with van der Waals surface area (Å²) < 4.78 is 6.14. The van der Waals surface area contributed by atoms with Crippen LogP contribution in [-0.4, -0.2) is 37.1 Å². The van der Waals surface area contributed by atoms with Gasteiger partial charge in [0.05, 0.1) is 11.1 Å². The molecule has 0 radical (unpaired) electrons. The Labute approximate surface area is 113 Å². The van der Waals surface area contributed by atoms with Gasteiger partial charge in [0, 0.05) is 31.7 Å². The molecule has 0 amide bonds. The lowest BCUT2D eigenvalue weighted by molar-refractivity contribution is 0.205. The number of anilines is 1. The zero-order chi connectivity index (χ0) is 12.0. The minimum absolute atomic E-state index is 0.703. The average molecular weight is 352 g/mol. The highest BCUT2D eigenvalue weighted by Gasteiger charge is 2.10. The Bertz CT molecular complexity index is 334. The molecule has 0 aliphatic rings. The van der Waals surface area contributed by atoms with E-state index >= 15 is 0 Å². The maximum absolute atomic E-state index is 5.10. The van der Waals surface area contributed by atoms with Crippen LogP contribution in [0.25, 0.3) is 0 Å². The fourth-order valence-electron chi connectivity index (χ4n) is 1.39. The summed E-state index contributed by atoms with van der Waals surface area (Å²) in [7, 11) is 1.71. The highest BCUT2D eigenvalue weighted by molar-refractivity contribution is 9.10. The van der Waals surface area contributed by atoms with Crippen molar-refractivity contribution in [2.45, 2.75) is 6.92 Å². The second kappa shape index (κ2) is 7.25. The molecular weight excluding hydrogens is 336 g/mol. The number of alkyl halides is 1. The molecule has 0 aliphatic heterocycles. The van der Waals surface area contributed by atoms with Crippen LogP contribution in [0.5, 0.6) is 0 Å². The van der Waals surface area contributed by atoms with Crippen molar-refractivity contribution in [2.75, 3.05) is 37.0 Å². The van der Waals surface area contributed by atoms with Crippen LogP contribution in [0.4, 0.5) is 5.82 Å². The van der Waals surface area contributed by atoms with E-state index in [1.165, 1.54) is 0 Å². The van der Waals surface area contributed by atoms with Crippen LogP contribution in [0.1, 0.15) is 5.56 Å². The maximum Gasteiger partial charge on any atom is 0.142 e. The molecule has 1 aromatic rings. The van der Waals surface area contributed by atoms with Crippen LogP contribution in [0.2, 0.25) is 0 Å².